The number of carbonyl (C=O) groups excluding carboxylic acids is 3. The van der Waals surface area contributed by atoms with E-state index in [0.717, 1.165) is 4.90 Å². The number of halogens is 1. The number of piperazine rings is 1. The van der Waals surface area contributed by atoms with Crippen LogP contribution in [-0.2, 0) is 9.53 Å². The predicted octanol–water partition coefficient (Wildman–Crippen LogP) is 2.02. The third-order valence-corrected chi connectivity index (χ3v) is 7.01. The van der Waals surface area contributed by atoms with E-state index in [-0.39, 0.29) is 36.9 Å². The van der Waals surface area contributed by atoms with Crippen molar-refractivity contribution in [3.8, 4) is 0 Å². The molecule has 0 aliphatic carbocycles. The molecule has 2 saturated heterocycles. The second-order valence-corrected chi connectivity index (χ2v) is 9.81. The molecule has 4 amide bonds. The molecular weight excluding hydrogens is 521 g/mol. The van der Waals surface area contributed by atoms with Crippen molar-refractivity contribution < 1.29 is 28.4 Å². The molecule has 0 radical (unpaired) electrons. The van der Waals surface area contributed by atoms with Crippen LogP contribution in [0, 0.1) is 15.9 Å². The van der Waals surface area contributed by atoms with Crippen molar-refractivity contribution >= 4 is 47.0 Å². The third-order valence-electron chi connectivity index (χ3n) is 5.94. The maximum atomic E-state index is 15.3. The first-order valence-corrected chi connectivity index (χ1v) is 12.4. The lowest BCUT2D eigenvalue weighted by atomic mass is 10.2. The van der Waals surface area contributed by atoms with Crippen LogP contribution in [0.4, 0.5) is 31.0 Å². The van der Waals surface area contributed by atoms with Crippen LogP contribution >= 0.6 is 11.9 Å². The molecule has 4 N–H and O–H groups in total. The number of non-ortho nitro benzene ring substituents is 1. The average molecular weight is 548 g/mol. The third kappa shape index (κ3) is 6.41. The summed E-state index contributed by atoms with van der Waals surface area (Å²) in [4.78, 5) is 49.3. The summed E-state index contributed by atoms with van der Waals surface area (Å²) in [5.74, 6) is -0.853. The van der Waals surface area contributed by atoms with E-state index in [1.54, 1.807) is 23.1 Å². The number of cyclic esters (lactones) is 1. The van der Waals surface area contributed by atoms with Crippen LogP contribution in [0.1, 0.15) is 6.92 Å². The first-order valence-electron chi connectivity index (χ1n) is 11.6. The van der Waals surface area contributed by atoms with Crippen LogP contribution < -0.4 is 26.2 Å². The van der Waals surface area contributed by atoms with E-state index < -0.39 is 35.1 Å². The van der Waals surface area contributed by atoms with E-state index in [0.29, 0.717) is 18.8 Å². The molecule has 2 unspecified atom stereocenters. The normalized spacial score (nSPS) is 19.7. The minimum absolute atomic E-state index is 0.0168. The molecule has 2 aromatic rings. The summed E-state index contributed by atoms with van der Waals surface area (Å²) < 4.78 is 22.5. The highest BCUT2D eigenvalue weighted by Gasteiger charge is 2.34. The molecule has 202 valence electrons. The molecule has 2 aromatic carbocycles. The maximum absolute atomic E-state index is 15.3. The van der Waals surface area contributed by atoms with Gasteiger partial charge in [-0.3, -0.25) is 19.8 Å². The van der Waals surface area contributed by atoms with E-state index in [2.05, 4.69) is 10.6 Å². The van der Waals surface area contributed by atoms with E-state index in [1.807, 2.05) is 4.31 Å². The number of urea groups is 1. The highest BCUT2D eigenvalue weighted by Crippen LogP contribution is 2.32. The zero-order valence-electron chi connectivity index (χ0n) is 20.3. The first kappa shape index (κ1) is 26.9. The van der Waals surface area contributed by atoms with Crippen LogP contribution in [0.5, 0.6) is 0 Å². The van der Waals surface area contributed by atoms with E-state index in [1.165, 1.54) is 48.0 Å². The van der Waals surface area contributed by atoms with Gasteiger partial charge in [-0.2, -0.15) is 0 Å². The first-order chi connectivity index (χ1) is 18.1. The molecule has 2 aliphatic rings. The lowest BCUT2D eigenvalue weighted by Crippen LogP contribution is -2.60. The number of hydrogen-bond acceptors (Lipinski definition) is 9. The Hall–Kier alpha value is -4.11. The minimum Gasteiger partial charge on any atom is -0.442 e. The number of nitrogens with two attached hydrogens (primary N) is 1. The van der Waals surface area contributed by atoms with Crippen LogP contribution in [0.25, 0.3) is 0 Å². The lowest BCUT2D eigenvalue weighted by Gasteiger charge is -2.42. The van der Waals surface area contributed by atoms with Crippen molar-refractivity contribution in [2.24, 2.45) is 5.73 Å². The smallest absolute Gasteiger partial charge is 0.414 e. The Morgan fingerprint density at radius 1 is 1.21 bits per heavy atom. The molecule has 0 aromatic heterocycles. The number of nitrogens with one attached hydrogen (secondary N) is 2. The fourth-order valence-electron chi connectivity index (χ4n) is 4.19. The van der Waals surface area contributed by atoms with Gasteiger partial charge in [0.05, 0.1) is 29.4 Å². The molecule has 13 nitrogen and oxygen atoms in total. The maximum Gasteiger partial charge on any atom is 0.414 e. The number of carbonyl (C=O) groups is 3. The number of amides is 4. The van der Waals surface area contributed by atoms with Gasteiger partial charge in [0.2, 0.25) is 5.91 Å². The van der Waals surface area contributed by atoms with Gasteiger partial charge in [0, 0.05) is 43.6 Å². The molecule has 2 heterocycles. The molecule has 2 fully saturated rings. The van der Waals surface area contributed by atoms with Gasteiger partial charge in [-0.25, -0.2) is 18.3 Å². The number of rotatable bonds is 8. The number of ether oxygens (including phenoxy) is 1. The SMILES string of the molecule is CC(=O)NCC1CN(c2ccc(N3CCN(Sc4ccc([N+](=O)[O-])cc4)CC3NC(N)=O)c(F)c2)C(=O)O1. The summed E-state index contributed by atoms with van der Waals surface area (Å²) >= 11 is 1.36. The number of nitro benzene ring substituents is 1. The van der Waals surface area contributed by atoms with E-state index in [9.17, 15) is 24.5 Å². The van der Waals surface area contributed by atoms with Gasteiger partial charge in [0.25, 0.3) is 5.69 Å². The van der Waals surface area contributed by atoms with Gasteiger partial charge >= 0.3 is 12.1 Å². The molecule has 0 bridgehead atoms. The molecule has 38 heavy (non-hydrogen) atoms. The molecule has 2 aliphatic heterocycles. The van der Waals surface area contributed by atoms with Crippen molar-refractivity contribution in [3.05, 3.63) is 58.4 Å². The molecular formula is C23H26FN7O6S. The topological polar surface area (TPSA) is 163 Å². The van der Waals surface area contributed by atoms with Crippen LogP contribution in [-0.4, -0.2) is 72.3 Å². The average Bonchev–Trinajstić information content (AvgIpc) is 3.23. The monoisotopic (exact) mass is 547 g/mol. The van der Waals surface area contributed by atoms with Crippen LogP contribution in [0.2, 0.25) is 0 Å². The second-order valence-electron chi connectivity index (χ2n) is 8.64. The fraction of sp³-hybridized carbons (Fsp3) is 0.348. The second kappa shape index (κ2) is 11.5. The number of anilines is 2. The summed E-state index contributed by atoms with van der Waals surface area (Å²) in [6.45, 7) is 2.78. The van der Waals surface area contributed by atoms with Crippen LogP contribution in [0.15, 0.2) is 47.4 Å². The number of primary amides is 1. The Morgan fingerprint density at radius 3 is 2.58 bits per heavy atom. The fourth-order valence-corrected chi connectivity index (χ4v) is 5.13. The molecule has 2 atom stereocenters. The van der Waals surface area contributed by atoms with Crippen molar-refractivity contribution in [1.82, 2.24) is 14.9 Å². The highest BCUT2D eigenvalue weighted by atomic mass is 32.2. The number of benzene rings is 2. The largest absolute Gasteiger partial charge is 0.442 e. The van der Waals surface area contributed by atoms with Crippen LogP contribution in [0.3, 0.4) is 0 Å². The van der Waals surface area contributed by atoms with Gasteiger partial charge in [-0.05, 0) is 42.3 Å². The molecule has 0 spiro atoms. The quantitative estimate of drug-likeness (QED) is 0.255. The van der Waals surface area contributed by atoms with Gasteiger partial charge in [0.15, 0.2) is 0 Å². The summed E-state index contributed by atoms with van der Waals surface area (Å²) in [6, 6.07) is 9.64. The van der Waals surface area contributed by atoms with Gasteiger partial charge < -0.3 is 26.0 Å². The van der Waals surface area contributed by atoms with Gasteiger partial charge in [0.1, 0.15) is 18.1 Å². The molecule has 0 saturated carbocycles. The van der Waals surface area contributed by atoms with Gasteiger partial charge in [-0.15, -0.1) is 0 Å². The van der Waals surface area contributed by atoms with Crippen molar-refractivity contribution in [2.75, 3.05) is 42.5 Å². The molecule has 15 heteroatoms. The highest BCUT2D eigenvalue weighted by molar-refractivity contribution is 7.97. The van der Waals surface area contributed by atoms with Crippen molar-refractivity contribution in [3.63, 3.8) is 0 Å². The lowest BCUT2D eigenvalue weighted by molar-refractivity contribution is -0.384. The predicted molar refractivity (Wildman–Crippen MR) is 137 cm³/mol. The Balaban J connectivity index is 1.45. The standard InChI is InChI=1S/C23H26FN7O6S/c1-14(32)26-11-17-12-30(23(34)37-17)16-4-7-20(19(24)10-16)29-9-8-28(13-21(29)27-22(25)33)38-18-5-2-15(3-6-18)31(35)36/h2-7,10,17,21H,8-9,11-13H2,1H3,(H,26,32)(H3,25,27,33). The van der Waals surface area contributed by atoms with Crippen molar-refractivity contribution in [2.45, 2.75) is 24.1 Å². The van der Waals surface area contributed by atoms with E-state index >= 15 is 4.39 Å². The number of nitrogens with zero attached hydrogens (tertiary/aromatic N) is 4. The minimum atomic E-state index is -0.774. The Labute approximate surface area is 221 Å². The van der Waals surface area contributed by atoms with Gasteiger partial charge in [-0.1, -0.05) is 0 Å². The summed E-state index contributed by atoms with van der Waals surface area (Å²) in [5.41, 5.74) is 5.88. The van der Waals surface area contributed by atoms with E-state index in [4.69, 9.17) is 10.5 Å². The zero-order chi connectivity index (χ0) is 27.4. The Bertz CT molecular complexity index is 1230. The summed E-state index contributed by atoms with van der Waals surface area (Å²) in [7, 11) is 0. The number of nitro groups is 1. The number of hydrogen-bond donors (Lipinski definition) is 3. The summed E-state index contributed by atoms with van der Waals surface area (Å²) in [5, 5.41) is 16.1. The molecule has 4 rings (SSSR count). The summed E-state index contributed by atoms with van der Waals surface area (Å²) in [6.07, 6.45) is -1.86. The Kier molecular flexibility index (Phi) is 8.16. The van der Waals surface area contributed by atoms with Crippen molar-refractivity contribution in [1.29, 1.82) is 0 Å². The Morgan fingerprint density at radius 2 is 1.95 bits per heavy atom. The zero-order valence-corrected chi connectivity index (χ0v) is 21.2.